The van der Waals surface area contributed by atoms with E-state index >= 15 is 0 Å². The summed E-state index contributed by atoms with van der Waals surface area (Å²) in [5.41, 5.74) is 1.00. The fraction of sp³-hybridized carbons (Fsp3) is 0.294. The van der Waals surface area contributed by atoms with Crippen LogP contribution in [0.4, 0.5) is 11.8 Å². The highest BCUT2D eigenvalue weighted by Gasteiger charge is 2.55. The van der Waals surface area contributed by atoms with E-state index in [4.69, 9.17) is 11.6 Å². The second-order valence-electron chi connectivity index (χ2n) is 6.37. The van der Waals surface area contributed by atoms with Crippen LogP contribution in [0, 0.1) is 0 Å². The van der Waals surface area contributed by atoms with Crippen LogP contribution in [0.1, 0.15) is 6.42 Å². The highest BCUT2D eigenvalue weighted by atomic mass is 35.5. The number of fused-ring (bicyclic) bond motifs is 1. The first kappa shape index (κ1) is 13.9. The van der Waals surface area contributed by atoms with Gasteiger partial charge in [-0.1, -0.05) is 11.6 Å². The Morgan fingerprint density at radius 1 is 1.04 bits per heavy atom. The van der Waals surface area contributed by atoms with E-state index in [0.29, 0.717) is 5.15 Å². The molecule has 0 radical (unpaired) electrons. The lowest BCUT2D eigenvalue weighted by Crippen LogP contribution is -2.77. The highest BCUT2D eigenvalue weighted by Crippen LogP contribution is 2.43. The Labute approximate surface area is 144 Å². The van der Waals surface area contributed by atoms with Crippen LogP contribution in [-0.2, 0) is 0 Å². The number of hydrogen-bond acceptors (Lipinski definition) is 6. The van der Waals surface area contributed by atoms with E-state index in [2.05, 4.69) is 29.7 Å². The van der Waals surface area contributed by atoms with Gasteiger partial charge < -0.3 is 9.80 Å². The van der Waals surface area contributed by atoms with Crippen molar-refractivity contribution in [3.05, 3.63) is 48.0 Å². The Bertz CT molecular complexity index is 909. The summed E-state index contributed by atoms with van der Waals surface area (Å²) >= 11 is 6.18. The van der Waals surface area contributed by atoms with E-state index in [1.165, 1.54) is 0 Å². The SMILES string of the molecule is Clc1cc2ncccc2c(N2CC3(CCN3c3ncccn3)C2)n1. The zero-order chi connectivity index (χ0) is 16.1. The van der Waals surface area contributed by atoms with Gasteiger partial charge in [0.2, 0.25) is 5.95 Å². The van der Waals surface area contributed by atoms with Gasteiger partial charge in [0.15, 0.2) is 0 Å². The minimum Gasteiger partial charge on any atom is -0.351 e. The second-order valence-corrected chi connectivity index (χ2v) is 6.76. The predicted octanol–water partition coefficient (Wildman–Crippen LogP) is 2.54. The molecule has 3 aromatic heterocycles. The quantitative estimate of drug-likeness (QED) is 0.669. The molecule has 6 nitrogen and oxygen atoms in total. The molecular weight excluding hydrogens is 324 g/mol. The van der Waals surface area contributed by atoms with Crippen molar-refractivity contribution in [1.29, 1.82) is 0 Å². The van der Waals surface area contributed by atoms with Gasteiger partial charge in [0.05, 0.1) is 11.1 Å². The summed E-state index contributed by atoms with van der Waals surface area (Å²) in [6.45, 7) is 2.81. The maximum absolute atomic E-state index is 6.18. The van der Waals surface area contributed by atoms with Crippen LogP contribution >= 0.6 is 11.6 Å². The number of anilines is 2. The van der Waals surface area contributed by atoms with E-state index in [9.17, 15) is 0 Å². The lowest BCUT2D eigenvalue weighted by molar-refractivity contribution is 0.211. The molecule has 2 saturated heterocycles. The third-order valence-electron chi connectivity index (χ3n) is 4.98. The van der Waals surface area contributed by atoms with Gasteiger partial charge in [-0.3, -0.25) is 4.98 Å². The van der Waals surface area contributed by atoms with Crippen LogP contribution < -0.4 is 9.80 Å². The smallest absolute Gasteiger partial charge is 0.225 e. The molecule has 120 valence electrons. The van der Waals surface area contributed by atoms with Gasteiger partial charge >= 0.3 is 0 Å². The Kier molecular flexibility index (Phi) is 2.91. The predicted molar refractivity (Wildman–Crippen MR) is 93.5 cm³/mol. The molecule has 2 aliphatic rings. The van der Waals surface area contributed by atoms with Gasteiger partial charge in [0, 0.05) is 49.7 Å². The van der Waals surface area contributed by atoms with E-state index in [1.807, 2.05) is 24.3 Å². The van der Waals surface area contributed by atoms with E-state index in [-0.39, 0.29) is 5.54 Å². The summed E-state index contributed by atoms with van der Waals surface area (Å²) in [6, 6.07) is 7.64. The first-order valence-electron chi connectivity index (χ1n) is 7.96. The van der Waals surface area contributed by atoms with Gasteiger partial charge in [-0.15, -0.1) is 0 Å². The molecule has 0 aliphatic carbocycles. The number of pyridine rings is 2. The fourth-order valence-corrected chi connectivity index (χ4v) is 3.88. The summed E-state index contributed by atoms with van der Waals surface area (Å²) in [5, 5.41) is 1.52. The molecule has 24 heavy (non-hydrogen) atoms. The molecule has 2 aliphatic heterocycles. The summed E-state index contributed by atoms with van der Waals surface area (Å²) in [7, 11) is 0. The Balaban J connectivity index is 1.44. The number of halogens is 1. The molecule has 0 bridgehead atoms. The maximum Gasteiger partial charge on any atom is 0.225 e. The first-order valence-corrected chi connectivity index (χ1v) is 8.34. The van der Waals surface area contributed by atoms with Crippen molar-refractivity contribution in [2.45, 2.75) is 12.0 Å². The molecule has 0 aromatic carbocycles. The summed E-state index contributed by atoms with van der Waals surface area (Å²) < 4.78 is 0. The number of hydrogen-bond donors (Lipinski definition) is 0. The third-order valence-corrected chi connectivity index (χ3v) is 5.18. The van der Waals surface area contributed by atoms with Crippen LogP contribution in [0.15, 0.2) is 42.9 Å². The monoisotopic (exact) mass is 338 g/mol. The molecule has 0 amide bonds. The van der Waals surface area contributed by atoms with Crippen molar-refractivity contribution in [2.75, 3.05) is 29.4 Å². The Hall–Kier alpha value is -2.47. The second kappa shape index (κ2) is 5.01. The topological polar surface area (TPSA) is 58.0 Å². The molecule has 7 heteroatoms. The maximum atomic E-state index is 6.18. The van der Waals surface area contributed by atoms with Crippen molar-refractivity contribution in [3.8, 4) is 0 Å². The first-order chi connectivity index (χ1) is 11.8. The molecule has 1 spiro atoms. The van der Waals surface area contributed by atoms with Crippen LogP contribution in [0.3, 0.4) is 0 Å². The minimum absolute atomic E-state index is 0.125. The average Bonchev–Trinajstić information content (AvgIpc) is 2.53. The Morgan fingerprint density at radius 3 is 2.58 bits per heavy atom. The molecule has 3 aromatic rings. The molecule has 0 unspecified atom stereocenters. The molecule has 0 atom stereocenters. The lowest BCUT2D eigenvalue weighted by Gasteiger charge is -2.62. The molecule has 5 rings (SSSR count). The standard InChI is InChI=1S/C17H15ClN6/c18-14-9-13-12(3-1-5-19-13)15(22-14)23-10-17(11-23)4-8-24(17)16-20-6-2-7-21-16/h1-3,5-7,9H,4,8,10-11H2. The molecule has 5 heterocycles. The highest BCUT2D eigenvalue weighted by molar-refractivity contribution is 6.30. The zero-order valence-corrected chi connectivity index (χ0v) is 13.7. The van der Waals surface area contributed by atoms with Crippen LogP contribution in [0.2, 0.25) is 5.15 Å². The van der Waals surface area contributed by atoms with Crippen molar-refractivity contribution in [2.24, 2.45) is 0 Å². The Morgan fingerprint density at radius 2 is 1.83 bits per heavy atom. The molecule has 0 N–H and O–H groups in total. The van der Waals surface area contributed by atoms with Gasteiger partial charge in [0.25, 0.3) is 0 Å². The fourth-order valence-electron chi connectivity index (χ4n) is 3.69. The van der Waals surface area contributed by atoms with E-state index in [0.717, 1.165) is 48.7 Å². The normalized spacial score (nSPS) is 18.5. The van der Waals surface area contributed by atoms with Crippen LogP contribution in [-0.4, -0.2) is 45.1 Å². The van der Waals surface area contributed by atoms with Gasteiger partial charge in [0.1, 0.15) is 11.0 Å². The summed E-state index contributed by atoms with van der Waals surface area (Å²) in [4.78, 5) is 22.3. The van der Waals surface area contributed by atoms with E-state index < -0.39 is 0 Å². The van der Waals surface area contributed by atoms with E-state index in [1.54, 1.807) is 18.6 Å². The number of rotatable bonds is 2. The molecule has 0 saturated carbocycles. The zero-order valence-electron chi connectivity index (χ0n) is 12.9. The van der Waals surface area contributed by atoms with Crippen molar-refractivity contribution in [3.63, 3.8) is 0 Å². The van der Waals surface area contributed by atoms with Crippen molar-refractivity contribution in [1.82, 2.24) is 19.9 Å². The van der Waals surface area contributed by atoms with Crippen LogP contribution in [0.25, 0.3) is 10.9 Å². The van der Waals surface area contributed by atoms with Crippen molar-refractivity contribution >= 4 is 34.3 Å². The largest absolute Gasteiger partial charge is 0.351 e. The van der Waals surface area contributed by atoms with Crippen LogP contribution in [0.5, 0.6) is 0 Å². The lowest BCUT2D eigenvalue weighted by atomic mass is 9.77. The van der Waals surface area contributed by atoms with Crippen molar-refractivity contribution < 1.29 is 0 Å². The molecular formula is C17H15ClN6. The van der Waals surface area contributed by atoms with Gasteiger partial charge in [-0.2, -0.15) is 0 Å². The number of nitrogens with zero attached hydrogens (tertiary/aromatic N) is 6. The average molecular weight is 339 g/mol. The minimum atomic E-state index is 0.125. The summed E-state index contributed by atoms with van der Waals surface area (Å²) in [6.07, 6.45) is 6.52. The molecule has 2 fully saturated rings. The number of aromatic nitrogens is 4. The van der Waals surface area contributed by atoms with Gasteiger partial charge in [-0.25, -0.2) is 15.0 Å². The van der Waals surface area contributed by atoms with Gasteiger partial charge in [-0.05, 0) is 24.6 Å². The summed E-state index contributed by atoms with van der Waals surface area (Å²) in [5.74, 6) is 1.73. The third kappa shape index (κ3) is 1.96.